The van der Waals surface area contributed by atoms with Crippen LogP contribution in [0.3, 0.4) is 0 Å². The number of likely N-dealkylation sites (N-methyl/N-ethyl adjacent to an activating group) is 1. The number of para-hydroxylation sites is 1. The van der Waals surface area contributed by atoms with Crippen LogP contribution in [0.15, 0.2) is 48.5 Å². The molecule has 154 valence electrons. The number of hydrogen-bond donors (Lipinski definition) is 2. The minimum atomic E-state index is -0.181. The van der Waals surface area contributed by atoms with E-state index < -0.39 is 0 Å². The van der Waals surface area contributed by atoms with Gasteiger partial charge in [0.2, 0.25) is 5.91 Å². The van der Waals surface area contributed by atoms with Gasteiger partial charge in [0.25, 0.3) is 5.91 Å². The molecular weight excluding hydrogens is 366 g/mol. The van der Waals surface area contributed by atoms with E-state index >= 15 is 0 Å². The summed E-state index contributed by atoms with van der Waals surface area (Å²) in [5.41, 5.74) is 2.24. The molecule has 29 heavy (non-hydrogen) atoms. The first kappa shape index (κ1) is 20.9. The van der Waals surface area contributed by atoms with Gasteiger partial charge < -0.3 is 20.3 Å². The van der Waals surface area contributed by atoms with Crippen LogP contribution in [0.4, 0.5) is 5.69 Å². The van der Waals surface area contributed by atoms with Gasteiger partial charge in [-0.05, 0) is 61.6 Å². The number of carbonyl (C=O) groups is 2. The monoisotopic (exact) mass is 395 g/mol. The topological polar surface area (TPSA) is 70.7 Å². The highest BCUT2D eigenvalue weighted by Crippen LogP contribution is 2.27. The molecular formula is C23H29N3O3. The number of carbonyl (C=O) groups excluding carboxylic acids is 2. The van der Waals surface area contributed by atoms with Crippen molar-refractivity contribution in [2.75, 3.05) is 38.7 Å². The lowest BCUT2D eigenvalue weighted by atomic mass is 10.1. The van der Waals surface area contributed by atoms with Crippen molar-refractivity contribution < 1.29 is 14.3 Å². The molecule has 1 aliphatic rings. The van der Waals surface area contributed by atoms with Crippen molar-refractivity contribution in [1.29, 1.82) is 0 Å². The average molecular weight is 396 g/mol. The first-order valence-corrected chi connectivity index (χ1v) is 10.1. The maximum absolute atomic E-state index is 12.7. The molecule has 2 N–H and O–H groups in total. The van der Waals surface area contributed by atoms with Crippen molar-refractivity contribution >= 4 is 17.5 Å². The molecule has 2 amide bonds. The number of methoxy groups -OCH3 is 1. The molecule has 0 unspecified atom stereocenters. The van der Waals surface area contributed by atoms with E-state index in [4.69, 9.17) is 4.74 Å². The Morgan fingerprint density at radius 3 is 2.52 bits per heavy atom. The molecule has 2 aromatic carbocycles. The first-order valence-electron chi connectivity index (χ1n) is 10.1. The summed E-state index contributed by atoms with van der Waals surface area (Å²) in [4.78, 5) is 26.8. The third-order valence-electron chi connectivity index (χ3n) is 5.15. The summed E-state index contributed by atoms with van der Waals surface area (Å²) in [5.74, 6) is 1.30. The maximum Gasteiger partial charge on any atom is 0.253 e. The number of ether oxygens (including phenoxy) is 1. The third-order valence-corrected chi connectivity index (χ3v) is 5.15. The second kappa shape index (κ2) is 10.1. The maximum atomic E-state index is 12.7. The van der Waals surface area contributed by atoms with Gasteiger partial charge in [0, 0.05) is 13.6 Å². The van der Waals surface area contributed by atoms with E-state index in [9.17, 15) is 9.59 Å². The number of rotatable bonds is 10. The minimum absolute atomic E-state index is 0.0517. The molecule has 0 radical (unpaired) electrons. The van der Waals surface area contributed by atoms with Crippen molar-refractivity contribution in [1.82, 2.24) is 10.6 Å². The van der Waals surface area contributed by atoms with Gasteiger partial charge in [0.05, 0.1) is 24.9 Å². The molecule has 0 heterocycles. The molecule has 6 heteroatoms. The van der Waals surface area contributed by atoms with Crippen LogP contribution in [-0.2, 0) is 11.2 Å². The quantitative estimate of drug-likeness (QED) is 0.649. The van der Waals surface area contributed by atoms with Gasteiger partial charge in [0.1, 0.15) is 5.75 Å². The lowest BCUT2D eigenvalue weighted by Gasteiger charge is -2.20. The molecule has 0 atom stereocenters. The average Bonchev–Trinajstić information content (AvgIpc) is 3.58. The lowest BCUT2D eigenvalue weighted by molar-refractivity contribution is -0.117. The predicted molar refractivity (Wildman–Crippen MR) is 114 cm³/mol. The highest BCUT2D eigenvalue weighted by atomic mass is 16.5. The van der Waals surface area contributed by atoms with Crippen molar-refractivity contribution in [2.24, 2.45) is 5.92 Å². The van der Waals surface area contributed by atoms with Gasteiger partial charge >= 0.3 is 0 Å². The number of anilines is 1. The Bertz CT molecular complexity index is 832. The zero-order chi connectivity index (χ0) is 20.6. The number of nitrogens with zero attached hydrogens (tertiary/aromatic N) is 1. The van der Waals surface area contributed by atoms with Crippen LogP contribution >= 0.6 is 0 Å². The smallest absolute Gasteiger partial charge is 0.253 e. The van der Waals surface area contributed by atoms with Crippen LogP contribution in [0.5, 0.6) is 5.75 Å². The Hall–Kier alpha value is -2.86. The summed E-state index contributed by atoms with van der Waals surface area (Å²) >= 11 is 0. The Kier molecular flexibility index (Phi) is 7.25. The second-order valence-corrected chi connectivity index (χ2v) is 7.40. The van der Waals surface area contributed by atoms with E-state index in [0.717, 1.165) is 30.2 Å². The predicted octanol–water partition coefficient (Wildman–Crippen LogP) is 2.63. The molecule has 1 aliphatic carbocycles. The van der Waals surface area contributed by atoms with E-state index in [2.05, 4.69) is 10.6 Å². The molecule has 0 bridgehead atoms. The largest absolute Gasteiger partial charge is 0.497 e. The zero-order valence-corrected chi connectivity index (χ0v) is 17.1. The summed E-state index contributed by atoms with van der Waals surface area (Å²) in [6, 6.07) is 15.0. The molecule has 2 aromatic rings. The number of hydrogen-bond acceptors (Lipinski definition) is 4. The third kappa shape index (κ3) is 6.06. The molecule has 3 rings (SSSR count). The second-order valence-electron chi connectivity index (χ2n) is 7.40. The standard InChI is InChI=1S/C23H29N3O3/c1-26(22(27)16-24-15-18-7-8-18)21-6-4-3-5-20(21)23(28)25-14-13-17-9-11-19(29-2)12-10-17/h3-6,9-12,18,24H,7-8,13-16H2,1-2H3,(H,25,28). The van der Waals surface area contributed by atoms with Crippen LogP contribution in [0.2, 0.25) is 0 Å². The van der Waals surface area contributed by atoms with Gasteiger partial charge in [-0.3, -0.25) is 9.59 Å². The van der Waals surface area contributed by atoms with Crippen molar-refractivity contribution in [3.05, 3.63) is 59.7 Å². The van der Waals surface area contributed by atoms with Gasteiger partial charge in [0.15, 0.2) is 0 Å². The van der Waals surface area contributed by atoms with Gasteiger partial charge in [-0.2, -0.15) is 0 Å². The number of benzene rings is 2. The SMILES string of the molecule is COc1ccc(CCNC(=O)c2ccccc2N(C)C(=O)CNCC2CC2)cc1. The van der Waals surface area contributed by atoms with Crippen LogP contribution in [0.25, 0.3) is 0 Å². The molecule has 0 spiro atoms. The summed E-state index contributed by atoms with van der Waals surface area (Å²) < 4.78 is 5.16. The normalized spacial score (nSPS) is 13.0. The van der Waals surface area contributed by atoms with Gasteiger partial charge in [-0.25, -0.2) is 0 Å². The Labute approximate surface area is 172 Å². The van der Waals surface area contributed by atoms with Gasteiger partial charge in [-0.1, -0.05) is 24.3 Å². The number of nitrogens with one attached hydrogen (secondary N) is 2. The van der Waals surface area contributed by atoms with E-state index in [0.29, 0.717) is 17.8 Å². The summed E-state index contributed by atoms with van der Waals surface area (Å²) in [7, 11) is 3.35. The molecule has 0 aromatic heterocycles. The Morgan fingerprint density at radius 2 is 1.83 bits per heavy atom. The van der Waals surface area contributed by atoms with Crippen LogP contribution in [0.1, 0.15) is 28.8 Å². The minimum Gasteiger partial charge on any atom is -0.497 e. The lowest BCUT2D eigenvalue weighted by Crippen LogP contribution is -2.37. The molecule has 0 aliphatic heterocycles. The van der Waals surface area contributed by atoms with E-state index in [1.807, 2.05) is 36.4 Å². The van der Waals surface area contributed by atoms with E-state index in [1.165, 1.54) is 12.8 Å². The highest BCUT2D eigenvalue weighted by Gasteiger charge is 2.22. The fourth-order valence-corrected chi connectivity index (χ4v) is 3.12. The van der Waals surface area contributed by atoms with Crippen molar-refractivity contribution in [2.45, 2.75) is 19.3 Å². The summed E-state index contributed by atoms with van der Waals surface area (Å²) in [6.45, 7) is 1.67. The van der Waals surface area contributed by atoms with Gasteiger partial charge in [-0.15, -0.1) is 0 Å². The summed E-state index contributed by atoms with van der Waals surface area (Å²) in [5, 5.41) is 6.16. The van der Waals surface area contributed by atoms with Crippen molar-refractivity contribution in [3.63, 3.8) is 0 Å². The highest BCUT2D eigenvalue weighted by molar-refractivity contribution is 6.05. The molecule has 1 saturated carbocycles. The molecule has 0 saturated heterocycles. The zero-order valence-electron chi connectivity index (χ0n) is 17.1. The van der Waals surface area contributed by atoms with Crippen LogP contribution < -0.4 is 20.3 Å². The fraction of sp³-hybridized carbons (Fsp3) is 0.391. The molecule has 6 nitrogen and oxygen atoms in total. The van der Waals surface area contributed by atoms with E-state index in [-0.39, 0.29) is 18.4 Å². The van der Waals surface area contributed by atoms with Crippen molar-refractivity contribution in [3.8, 4) is 5.75 Å². The van der Waals surface area contributed by atoms with Crippen LogP contribution in [0, 0.1) is 5.92 Å². The fourth-order valence-electron chi connectivity index (χ4n) is 3.12. The first-order chi connectivity index (χ1) is 14.1. The van der Waals surface area contributed by atoms with Crippen LogP contribution in [-0.4, -0.2) is 45.6 Å². The summed E-state index contributed by atoms with van der Waals surface area (Å²) in [6.07, 6.45) is 3.21. The molecule has 1 fully saturated rings. The van der Waals surface area contributed by atoms with E-state index in [1.54, 1.807) is 31.2 Å². The Morgan fingerprint density at radius 1 is 1.10 bits per heavy atom. The Balaban J connectivity index is 1.54. The number of amides is 2.